The zero-order valence-corrected chi connectivity index (χ0v) is 11.6. The van der Waals surface area contributed by atoms with Gasteiger partial charge in [-0.3, -0.25) is 9.00 Å². The Labute approximate surface area is 115 Å². The Balaban J connectivity index is 2.46. The number of carbonyl (C=O) groups excluding carboxylic acids is 1. The molecule has 1 aromatic carbocycles. The highest BCUT2D eigenvalue weighted by atomic mass is 32.2. The van der Waals surface area contributed by atoms with Crippen LogP contribution in [0, 0.1) is 11.8 Å². The zero-order valence-electron chi connectivity index (χ0n) is 10.8. The van der Waals surface area contributed by atoms with Gasteiger partial charge in [0, 0.05) is 40.5 Å². The van der Waals surface area contributed by atoms with Gasteiger partial charge in [0.2, 0.25) is 0 Å². The summed E-state index contributed by atoms with van der Waals surface area (Å²) in [5.41, 5.74) is 1.32. The highest BCUT2D eigenvalue weighted by Crippen LogP contribution is 2.03. The number of aliphatic hydroxyl groups is 1. The lowest BCUT2D eigenvalue weighted by molar-refractivity contribution is 0.0953. The van der Waals surface area contributed by atoms with Crippen molar-refractivity contribution in [2.45, 2.75) is 6.42 Å². The summed E-state index contributed by atoms with van der Waals surface area (Å²) in [6.45, 7) is 0.339. The van der Waals surface area contributed by atoms with Crippen molar-refractivity contribution in [2.75, 3.05) is 25.2 Å². The standard InChI is InChI=1S/C14H17NO3S/c1-19(18)11-3-9-15-14(17)13-7-5-12(6-8-13)4-2-10-16/h5-8,16H,3,9-11H2,1H3,(H,15,17). The largest absolute Gasteiger partial charge is 0.384 e. The fourth-order valence-electron chi connectivity index (χ4n) is 1.43. The van der Waals surface area contributed by atoms with E-state index in [2.05, 4.69) is 17.2 Å². The van der Waals surface area contributed by atoms with Crippen molar-refractivity contribution in [1.82, 2.24) is 5.32 Å². The minimum Gasteiger partial charge on any atom is -0.384 e. The molecule has 1 unspecified atom stereocenters. The van der Waals surface area contributed by atoms with E-state index >= 15 is 0 Å². The van der Waals surface area contributed by atoms with E-state index in [9.17, 15) is 9.00 Å². The van der Waals surface area contributed by atoms with Gasteiger partial charge in [-0.15, -0.1) is 0 Å². The van der Waals surface area contributed by atoms with E-state index < -0.39 is 10.8 Å². The average Bonchev–Trinajstić information content (AvgIpc) is 2.41. The molecule has 2 N–H and O–H groups in total. The molecule has 1 aromatic rings. The minimum atomic E-state index is -0.818. The summed E-state index contributed by atoms with van der Waals surface area (Å²) in [4.78, 5) is 11.8. The second-order valence-corrected chi connectivity index (χ2v) is 5.48. The SMILES string of the molecule is CS(=O)CCCNC(=O)c1ccc(C#CCO)cc1. The van der Waals surface area contributed by atoms with Crippen molar-refractivity contribution in [1.29, 1.82) is 0 Å². The van der Waals surface area contributed by atoms with Crippen LogP contribution in [0.5, 0.6) is 0 Å². The van der Waals surface area contributed by atoms with E-state index in [0.29, 0.717) is 24.3 Å². The molecule has 0 saturated heterocycles. The minimum absolute atomic E-state index is 0.149. The molecule has 0 aromatic heterocycles. The molecule has 1 amide bonds. The summed E-state index contributed by atoms with van der Waals surface area (Å²) >= 11 is 0. The van der Waals surface area contributed by atoms with Gasteiger partial charge >= 0.3 is 0 Å². The highest BCUT2D eigenvalue weighted by molar-refractivity contribution is 7.84. The Hall–Kier alpha value is -1.64. The summed E-state index contributed by atoms with van der Waals surface area (Å²) in [5.74, 6) is 5.75. The summed E-state index contributed by atoms with van der Waals surface area (Å²) in [5, 5.41) is 11.3. The lowest BCUT2D eigenvalue weighted by Crippen LogP contribution is -2.25. The van der Waals surface area contributed by atoms with Crippen LogP contribution >= 0.6 is 0 Å². The lowest BCUT2D eigenvalue weighted by atomic mass is 10.1. The van der Waals surface area contributed by atoms with E-state index in [-0.39, 0.29) is 12.5 Å². The molecule has 0 bridgehead atoms. The molecule has 0 heterocycles. The van der Waals surface area contributed by atoms with Crippen molar-refractivity contribution < 1.29 is 14.1 Å². The maximum atomic E-state index is 11.8. The quantitative estimate of drug-likeness (QED) is 0.610. The third-order valence-electron chi connectivity index (χ3n) is 2.35. The van der Waals surface area contributed by atoms with Gasteiger partial charge in [0.15, 0.2) is 0 Å². The van der Waals surface area contributed by atoms with Gasteiger partial charge in [-0.1, -0.05) is 11.8 Å². The molecule has 1 atom stereocenters. The first kappa shape index (κ1) is 15.4. The molecule has 0 aliphatic heterocycles. The fourth-order valence-corrected chi connectivity index (χ4v) is 1.98. The summed E-state index contributed by atoms with van der Waals surface area (Å²) in [6, 6.07) is 6.85. The van der Waals surface area contributed by atoms with Crippen LogP contribution in [0.3, 0.4) is 0 Å². The van der Waals surface area contributed by atoms with Crippen LogP contribution in [0.15, 0.2) is 24.3 Å². The first-order chi connectivity index (χ1) is 9.13. The number of carbonyl (C=O) groups is 1. The number of rotatable bonds is 5. The Morgan fingerprint density at radius 2 is 2.05 bits per heavy atom. The molecular weight excluding hydrogens is 262 g/mol. The number of aliphatic hydroxyl groups excluding tert-OH is 1. The van der Waals surface area contributed by atoms with Gasteiger partial charge in [0.25, 0.3) is 5.91 Å². The number of hydrogen-bond acceptors (Lipinski definition) is 3. The van der Waals surface area contributed by atoms with Crippen molar-refractivity contribution in [3.63, 3.8) is 0 Å². The lowest BCUT2D eigenvalue weighted by Gasteiger charge is -2.04. The van der Waals surface area contributed by atoms with Crippen LogP contribution in [0.1, 0.15) is 22.3 Å². The molecule has 1 rings (SSSR count). The summed E-state index contributed by atoms with van der Waals surface area (Å²) in [7, 11) is -0.818. The van der Waals surface area contributed by atoms with Crippen molar-refractivity contribution in [2.24, 2.45) is 0 Å². The van der Waals surface area contributed by atoms with Crippen molar-refractivity contribution in [3.8, 4) is 11.8 Å². The number of benzene rings is 1. The topological polar surface area (TPSA) is 66.4 Å². The normalized spacial score (nSPS) is 11.3. The van der Waals surface area contributed by atoms with Crippen molar-refractivity contribution >= 4 is 16.7 Å². The molecule has 4 nitrogen and oxygen atoms in total. The smallest absolute Gasteiger partial charge is 0.251 e. The second-order valence-electron chi connectivity index (χ2n) is 3.92. The first-order valence-electron chi connectivity index (χ1n) is 5.91. The second kappa shape index (κ2) is 8.46. The summed E-state index contributed by atoms with van der Waals surface area (Å²) < 4.78 is 10.8. The number of amides is 1. The van der Waals surface area contributed by atoms with Crippen LogP contribution < -0.4 is 5.32 Å². The monoisotopic (exact) mass is 279 g/mol. The van der Waals surface area contributed by atoms with Gasteiger partial charge in [0.1, 0.15) is 6.61 Å². The third-order valence-corrected chi connectivity index (χ3v) is 3.22. The van der Waals surface area contributed by atoms with Crippen LogP contribution in [-0.4, -0.2) is 40.4 Å². The predicted octanol–water partition coefficient (Wildman–Crippen LogP) is 0.529. The van der Waals surface area contributed by atoms with Crippen LogP contribution in [0.4, 0.5) is 0 Å². The molecule has 0 aliphatic rings. The maximum Gasteiger partial charge on any atom is 0.251 e. The molecule has 0 spiro atoms. The summed E-state index contributed by atoms with van der Waals surface area (Å²) in [6.07, 6.45) is 2.35. The average molecular weight is 279 g/mol. The van der Waals surface area contributed by atoms with Crippen LogP contribution in [0.2, 0.25) is 0 Å². The molecule has 19 heavy (non-hydrogen) atoms. The molecule has 102 valence electrons. The van der Waals surface area contributed by atoms with Gasteiger partial charge < -0.3 is 10.4 Å². The van der Waals surface area contributed by atoms with E-state index in [4.69, 9.17) is 5.11 Å². The molecular formula is C14H17NO3S. The van der Waals surface area contributed by atoms with Crippen LogP contribution in [0.25, 0.3) is 0 Å². The number of hydrogen-bond donors (Lipinski definition) is 2. The fraction of sp³-hybridized carbons (Fsp3) is 0.357. The van der Waals surface area contributed by atoms with E-state index in [1.54, 1.807) is 30.5 Å². The third kappa shape index (κ3) is 6.18. The predicted molar refractivity (Wildman–Crippen MR) is 76.3 cm³/mol. The Kier molecular flexibility index (Phi) is 6.86. The van der Waals surface area contributed by atoms with Gasteiger partial charge in [0.05, 0.1) is 0 Å². The Bertz CT molecular complexity index is 500. The van der Waals surface area contributed by atoms with Gasteiger partial charge in [-0.2, -0.15) is 0 Å². The first-order valence-corrected chi connectivity index (χ1v) is 7.64. The Morgan fingerprint density at radius 1 is 1.37 bits per heavy atom. The molecule has 5 heteroatoms. The van der Waals surface area contributed by atoms with E-state index in [1.165, 1.54) is 0 Å². The Morgan fingerprint density at radius 3 is 2.63 bits per heavy atom. The maximum absolute atomic E-state index is 11.8. The molecule has 0 radical (unpaired) electrons. The zero-order chi connectivity index (χ0) is 14.1. The van der Waals surface area contributed by atoms with E-state index in [0.717, 1.165) is 5.56 Å². The van der Waals surface area contributed by atoms with Gasteiger partial charge in [-0.25, -0.2) is 0 Å². The van der Waals surface area contributed by atoms with E-state index in [1.807, 2.05) is 0 Å². The van der Waals surface area contributed by atoms with Crippen LogP contribution in [-0.2, 0) is 10.8 Å². The van der Waals surface area contributed by atoms with Gasteiger partial charge in [-0.05, 0) is 30.7 Å². The van der Waals surface area contributed by atoms with Crippen molar-refractivity contribution in [3.05, 3.63) is 35.4 Å². The number of nitrogens with one attached hydrogen (secondary N) is 1. The molecule has 0 fully saturated rings. The molecule has 0 saturated carbocycles. The molecule has 0 aliphatic carbocycles. The highest BCUT2D eigenvalue weighted by Gasteiger charge is 2.04.